The van der Waals surface area contributed by atoms with Crippen LogP contribution >= 0.6 is 0 Å². The third-order valence-electron chi connectivity index (χ3n) is 3.70. The van der Waals surface area contributed by atoms with Crippen molar-refractivity contribution in [1.82, 2.24) is 9.21 Å². The fraction of sp³-hybridized carbons (Fsp3) is 0.353. The molecule has 0 radical (unpaired) electrons. The summed E-state index contributed by atoms with van der Waals surface area (Å²) in [7, 11) is -3.65. The molecule has 0 N–H and O–H groups in total. The highest BCUT2D eigenvalue weighted by atomic mass is 32.2. The van der Waals surface area contributed by atoms with E-state index >= 15 is 0 Å². The maximum atomic E-state index is 12.6. The monoisotopic (exact) mass is 350 g/mol. The van der Waals surface area contributed by atoms with Crippen molar-refractivity contribution >= 4 is 15.9 Å². The van der Waals surface area contributed by atoms with E-state index in [1.807, 2.05) is 0 Å². The van der Waals surface area contributed by atoms with Crippen molar-refractivity contribution in [1.29, 1.82) is 0 Å². The van der Waals surface area contributed by atoms with Gasteiger partial charge < -0.3 is 9.64 Å². The van der Waals surface area contributed by atoms with Crippen LogP contribution < -0.4 is 0 Å². The van der Waals surface area contributed by atoms with Crippen LogP contribution in [-0.4, -0.2) is 62.9 Å². The first-order valence-electron chi connectivity index (χ1n) is 7.69. The second kappa shape index (κ2) is 8.23. The van der Waals surface area contributed by atoms with Gasteiger partial charge in [0.15, 0.2) is 0 Å². The number of amides is 1. The molecule has 0 bridgehead atoms. The first kappa shape index (κ1) is 18.4. The molecule has 0 atom stereocenters. The molecule has 1 aliphatic rings. The van der Waals surface area contributed by atoms with Gasteiger partial charge in [-0.05, 0) is 24.3 Å². The van der Waals surface area contributed by atoms with Gasteiger partial charge in [0.1, 0.15) is 0 Å². The van der Waals surface area contributed by atoms with Gasteiger partial charge in [0.05, 0.1) is 18.1 Å². The molecule has 1 saturated heterocycles. The number of benzene rings is 1. The summed E-state index contributed by atoms with van der Waals surface area (Å²) in [6.45, 7) is 9.69. The van der Waals surface area contributed by atoms with Gasteiger partial charge in [0, 0.05) is 31.7 Å². The van der Waals surface area contributed by atoms with Crippen molar-refractivity contribution in [2.75, 3.05) is 39.4 Å². The lowest BCUT2D eigenvalue weighted by Gasteiger charge is -2.27. The molecular formula is C17H22N2O4S. The molecule has 1 aromatic rings. The SMILES string of the molecule is C=CCN(CC=C)S(=O)(=O)c1ccc(C(=O)N2CCOCC2)cc1. The fourth-order valence-corrected chi connectivity index (χ4v) is 3.81. The van der Waals surface area contributed by atoms with Crippen LogP contribution in [0.3, 0.4) is 0 Å². The van der Waals surface area contributed by atoms with Crippen LogP contribution in [0, 0.1) is 0 Å². The highest BCUT2D eigenvalue weighted by Gasteiger charge is 2.23. The molecule has 0 saturated carbocycles. The smallest absolute Gasteiger partial charge is 0.254 e. The zero-order chi connectivity index (χ0) is 17.6. The Morgan fingerprint density at radius 3 is 2.17 bits per heavy atom. The molecule has 0 aromatic heterocycles. The van der Waals surface area contributed by atoms with Crippen LogP contribution in [0.25, 0.3) is 0 Å². The van der Waals surface area contributed by atoms with Gasteiger partial charge in [0.25, 0.3) is 5.91 Å². The van der Waals surface area contributed by atoms with Gasteiger partial charge in [-0.15, -0.1) is 13.2 Å². The lowest BCUT2D eigenvalue weighted by Crippen LogP contribution is -2.40. The maximum absolute atomic E-state index is 12.6. The third kappa shape index (κ3) is 4.11. The predicted octanol–water partition coefficient (Wildman–Crippen LogP) is 1.52. The maximum Gasteiger partial charge on any atom is 0.254 e. The molecule has 1 aliphatic heterocycles. The number of nitrogens with zero attached hydrogens (tertiary/aromatic N) is 2. The average molecular weight is 350 g/mol. The van der Waals surface area contributed by atoms with Crippen LogP contribution in [-0.2, 0) is 14.8 Å². The number of carbonyl (C=O) groups excluding carboxylic acids is 1. The van der Waals surface area contributed by atoms with Crippen molar-refractivity contribution < 1.29 is 17.9 Å². The van der Waals surface area contributed by atoms with E-state index in [1.165, 1.54) is 28.6 Å². The number of ether oxygens (including phenoxy) is 1. The van der Waals surface area contributed by atoms with Crippen molar-refractivity contribution in [2.45, 2.75) is 4.90 Å². The zero-order valence-electron chi connectivity index (χ0n) is 13.6. The van der Waals surface area contributed by atoms with Crippen LogP contribution in [0.1, 0.15) is 10.4 Å². The number of rotatable bonds is 7. The van der Waals surface area contributed by atoms with E-state index in [-0.39, 0.29) is 23.9 Å². The molecule has 0 spiro atoms. The van der Waals surface area contributed by atoms with Gasteiger partial charge in [-0.2, -0.15) is 4.31 Å². The molecule has 6 nitrogen and oxygen atoms in total. The van der Waals surface area contributed by atoms with Crippen LogP contribution in [0.4, 0.5) is 0 Å². The van der Waals surface area contributed by atoms with Crippen molar-refractivity contribution in [2.24, 2.45) is 0 Å². The predicted molar refractivity (Wildman–Crippen MR) is 92.3 cm³/mol. The summed E-state index contributed by atoms with van der Waals surface area (Å²) in [5, 5.41) is 0. The second-order valence-electron chi connectivity index (χ2n) is 5.33. The second-order valence-corrected chi connectivity index (χ2v) is 7.27. The molecule has 24 heavy (non-hydrogen) atoms. The number of sulfonamides is 1. The first-order valence-corrected chi connectivity index (χ1v) is 9.13. The molecule has 0 unspecified atom stereocenters. The Balaban J connectivity index is 2.19. The van der Waals surface area contributed by atoms with Gasteiger partial charge in [0.2, 0.25) is 10.0 Å². The summed E-state index contributed by atoms with van der Waals surface area (Å²) >= 11 is 0. The molecule has 1 aromatic carbocycles. The van der Waals surface area contributed by atoms with Crippen LogP contribution in [0.15, 0.2) is 54.5 Å². The van der Waals surface area contributed by atoms with E-state index < -0.39 is 10.0 Å². The van der Waals surface area contributed by atoms with E-state index in [0.717, 1.165) is 0 Å². The summed E-state index contributed by atoms with van der Waals surface area (Å²) in [5.41, 5.74) is 0.467. The summed E-state index contributed by atoms with van der Waals surface area (Å²) in [6.07, 6.45) is 3.05. The quantitative estimate of drug-likeness (QED) is 0.700. The van der Waals surface area contributed by atoms with Gasteiger partial charge in [-0.3, -0.25) is 4.79 Å². The number of hydrogen-bond acceptors (Lipinski definition) is 4. The van der Waals surface area contributed by atoms with Gasteiger partial charge in [-0.25, -0.2) is 8.42 Å². The molecule has 0 aliphatic carbocycles. The highest BCUT2D eigenvalue weighted by Crippen LogP contribution is 2.17. The van der Waals surface area contributed by atoms with E-state index in [4.69, 9.17) is 4.74 Å². The largest absolute Gasteiger partial charge is 0.378 e. The van der Waals surface area contributed by atoms with Gasteiger partial charge >= 0.3 is 0 Å². The average Bonchev–Trinajstić information content (AvgIpc) is 2.62. The van der Waals surface area contributed by atoms with Crippen molar-refractivity contribution in [3.05, 3.63) is 55.1 Å². The Hall–Kier alpha value is -1.96. The summed E-state index contributed by atoms with van der Waals surface area (Å²) < 4.78 is 31.7. The van der Waals surface area contributed by atoms with Crippen molar-refractivity contribution in [3.8, 4) is 0 Å². The molecule has 130 valence electrons. The minimum atomic E-state index is -3.65. The van der Waals surface area contributed by atoms with Crippen molar-refractivity contribution in [3.63, 3.8) is 0 Å². The molecule has 7 heteroatoms. The van der Waals surface area contributed by atoms with E-state index in [1.54, 1.807) is 17.0 Å². The topological polar surface area (TPSA) is 66.9 Å². The molecule has 1 heterocycles. The first-order chi connectivity index (χ1) is 11.5. The summed E-state index contributed by atoms with van der Waals surface area (Å²) in [4.78, 5) is 14.2. The summed E-state index contributed by atoms with van der Waals surface area (Å²) in [5.74, 6) is -0.115. The summed E-state index contributed by atoms with van der Waals surface area (Å²) in [6, 6.07) is 6.01. The van der Waals surface area contributed by atoms with E-state index in [2.05, 4.69) is 13.2 Å². The Labute approximate surface area is 143 Å². The van der Waals surface area contributed by atoms with Crippen LogP contribution in [0.5, 0.6) is 0 Å². The Morgan fingerprint density at radius 1 is 1.12 bits per heavy atom. The minimum absolute atomic E-state index is 0.115. The zero-order valence-corrected chi connectivity index (χ0v) is 14.4. The van der Waals surface area contributed by atoms with Crippen LogP contribution in [0.2, 0.25) is 0 Å². The number of morpholine rings is 1. The van der Waals surface area contributed by atoms with E-state index in [9.17, 15) is 13.2 Å². The van der Waals surface area contributed by atoms with E-state index in [0.29, 0.717) is 31.9 Å². The highest BCUT2D eigenvalue weighted by molar-refractivity contribution is 7.89. The Bertz CT molecular complexity index is 682. The number of carbonyl (C=O) groups is 1. The molecule has 1 amide bonds. The normalized spacial score (nSPS) is 15.3. The Kier molecular flexibility index (Phi) is 6.30. The molecular weight excluding hydrogens is 328 g/mol. The molecule has 2 rings (SSSR count). The standard InChI is InChI=1S/C17H22N2O4S/c1-3-9-19(10-4-2)24(21,22)16-7-5-15(6-8-16)17(20)18-11-13-23-14-12-18/h3-8H,1-2,9-14H2. The third-order valence-corrected chi connectivity index (χ3v) is 5.55. The minimum Gasteiger partial charge on any atom is -0.378 e. The fourth-order valence-electron chi connectivity index (χ4n) is 2.43. The molecule has 1 fully saturated rings. The Morgan fingerprint density at radius 2 is 1.67 bits per heavy atom. The number of hydrogen-bond donors (Lipinski definition) is 0. The lowest BCUT2D eigenvalue weighted by atomic mass is 10.2. The van der Waals surface area contributed by atoms with Gasteiger partial charge in [-0.1, -0.05) is 12.2 Å². The lowest BCUT2D eigenvalue weighted by molar-refractivity contribution is 0.0303.